The number of rotatable bonds is 5. The molecule has 0 atom stereocenters. The molecule has 0 spiro atoms. The van der Waals surface area contributed by atoms with E-state index >= 15 is 0 Å². The minimum Gasteiger partial charge on any atom is -0.497 e. The van der Waals surface area contributed by atoms with E-state index in [1.54, 1.807) is 30.2 Å². The third kappa shape index (κ3) is 3.95. The van der Waals surface area contributed by atoms with Crippen molar-refractivity contribution in [1.82, 2.24) is 0 Å². The fourth-order valence-electron chi connectivity index (χ4n) is 2.34. The van der Waals surface area contributed by atoms with Gasteiger partial charge in [0.15, 0.2) is 0 Å². The number of benzene rings is 2. The van der Waals surface area contributed by atoms with Crippen molar-refractivity contribution in [2.24, 2.45) is 0 Å². The summed E-state index contributed by atoms with van der Waals surface area (Å²) in [4.78, 5) is 14.7. The lowest BCUT2D eigenvalue weighted by atomic mass is 10.1. The van der Waals surface area contributed by atoms with E-state index in [4.69, 9.17) is 10.00 Å². The van der Waals surface area contributed by atoms with Crippen molar-refractivity contribution in [1.29, 1.82) is 5.26 Å². The maximum absolute atomic E-state index is 13.1. The molecule has 0 aliphatic rings. The molecule has 0 unspecified atom stereocenters. The van der Waals surface area contributed by atoms with Crippen LogP contribution in [0.5, 0.6) is 5.75 Å². The number of hydrogen-bond acceptors (Lipinski definition) is 3. The van der Waals surface area contributed by atoms with Crippen molar-refractivity contribution in [3.8, 4) is 11.8 Å². The summed E-state index contributed by atoms with van der Waals surface area (Å²) >= 11 is 3.43. The van der Waals surface area contributed by atoms with Gasteiger partial charge in [0.25, 0.3) is 5.91 Å². The zero-order valence-corrected chi connectivity index (χ0v) is 15.6. The smallest absolute Gasteiger partial charge is 0.259 e. The third-order valence-electron chi connectivity index (χ3n) is 3.90. The van der Waals surface area contributed by atoms with Crippen LogP contribution in [0.25, 0.3) is 0 Å². The molecule has 0 radical (unpaired) electrons. The number of anilines is 1. The van der Waals surface area contributed by atoms with Crippen LogP contribution in [0.1, 0.15) is 27.9 Å². The van der Waals surface area contributed by atoms with Crippen molar-refractivity contribution < 1.29 is 9.53 Å². The van der Waals surface area contributed by atoms with Gasteiger partial charge in [-0.05, 0) is 71.2 Å². The molecule has 0 bridgehead atoms. The van der Waals surface area contributed by atoms with Crippen molar-refractivity contribution >= 4 is 27.5 Å². The molecule has 5 heteroatoms. The topological polar surface area (TPSA) is 53.3 Å². The minimum absolute atomic E-state index is 0.167. The second kappa shape index (κ2) is 7.98. The Labute approximate surface area is 150 Å². The number of methoxy groups -OCH3 is 1. The van der Waals surface area contributed by atoms with Gasteiger partial charge in [-0.15, -0.1) is 0 Å². The molecule has 2 aromatic rings. The number of carbonyl (C=O) groups is 1. The van der Waals surface area contributed by atoms with E-state index < -0.39 is 0 Å². The molecule has 2 aromatic carbocycles. The second-order valence-corrected chi connectivity index (χ2v) is 6.33. The molecule has 0 saturated carbocycles. The highest BCUT2D eigenvalue weighted by Crippen LogP contribution is 2.27. The average Bonchev–Trinajstić information content (AvgIpc) is 2.58. The van der Waals surface area contributed by atoms with Gasteiger partial charge in [0.05, 0.1) is 25.2 Å². The maximum atomic E-state index is 13.1. The van der Waals surface area contributed by atoms with Crippen molar-refractivity contribution in [3.63, 3.8) is 0 Å². The average molecular weight is 387 g/mol. The predicted molar refractivity (Wildman–Crippen MR) is 98.5 cm³/mol. The Bertz CT molecular complexity index is 796. The number of ether oxygens (including phenoxy) is 1. The Morgan fingerprint density at radius 3 is 2.58 bits per heavy atom. The van der Waals surface area contributed by atoms with Gasteiger partial charge in [0.1, 0.15) is 5.75 Å². The zero-order valence-electron chi connectivity index (χ0n) is 14.0. The number of amides is 1. The summed E-state index contributed by atoms with van der Waals surface area (Å²) in [5.74, 6) is 0.446. The van der Waals surface area contributed by atoms with Gasteiger partial charge in [0, 0.05) is 16.7 Å². The maximum Gasteiger partial charge on any atom is 0.259 e. The number of hydrogen-bond donors (Lipinski definition) is 0. The molecule has 0 N–H and O–H groups in total. The SMILES string of the molecule is COc1ccc(Br)c(C(=O)N(CCC#N)c2ccc(C)c(C)c2)c1. The number of carbonyl (C=O) groups excluding carboxylic acids is 1. The molecule has 0 aromatic heterocycles. The van der Waals surface area contributed by atoms with Gasteiger partial charge >= 0.3 is 0 Å². The van der Waals surface area contributed by atoms with Gasteiger partial charge in [-0.2, -0.15) is 5.26 Å². The first kappa shape index (κ1) is 18.0. The molecule has 0 fully saturated rings. The van der Waals surface area contributed by atoms with Crippen molar-refractivity contribution in [2.45, 2.75) is 20.3 Å². The quantitative estimate of drug-likeness (QED) is 0.752. The van der Waals surface area contributed by atoms with Crippen LogP contribution in [0.3, 0.4) is 0 Å². The van der Waals surface area contributed by atoms with Crippen LogP contribution in [-0.2, 0) is 0 Å². The zero-order chi connectivity index (χ0) is 17.7. The summed E-state index contributed by atoms with van der Waals surface area (Å²) < 4.78 is 5.91. The van der Waals surface area contributed by atoms with E-state index in [2.05, 4.69) is 22.0 Å². The van der Waals surface area contributed by atoms with Gasteiger partial charge in [-0.3, -0.25) is 4.79 Å². The summed E-state index contributed by atoms with van der Waals surface area (Å²) in [5.41, 5.74) is 3.56. The van der Waals surface area contributed by atoms with Crippen LogP contribution < -0.4 is 9.64 Å². The van der Waals surface area contributed by atoms with Crippen molar-refractivity contribution in [3.05, 3.63) is 57.6 Å². The van der Waals surface area contributed by atoms with E-state index in [-0.39, 0.29) is 12.3 Å². The number of nitriles is 1. The monoisotopic (exact) mass is 386 g/mol. The minimum atomic E-state index is -0.167. The van der Waals surface area contributed by atoms with E-state index in [9.17, 15) is 4.79 Å². The number of aryl methyl sites for hydroxylation is 2. The summed E-state index contributed by atoms with van der Waals surface area (Å²) in [7, 11) is 1.56. The first-order chi connectivity index (χ1) is 11.5. The number of nitrogens with zero attached hydrogens (tertiary/aromatic N) is 2. The van der Waals surface area contributed by atoms with Gasteiger partial charge in [-0.25, -0.2) is 0 Å². The molecule has 4 nitrogen and oxygen atoms in total. The highest BCUT2D eigenvalue weighted by molar-refractivity contribution is 9.10. The van der Waals surface area contributed by atoms with E-state index in [1.165, 1.54) is 0 Å². The lowest BCUT2D eigenvalue weighted by Crippen LogP contribution is -2.32. The van der Waals surface area contributed by atoms with Crippen LogP contribution in [0.15, 0.2) is 40.9 Å². The Hall–Kier alpha value is -2.32. The molecule has 0 aliphatic heterocycles. The molecule has 0 saturated heterocycles. The summed E-state index contributed by atoms with van der Waals surface area (Å²) in [5, 5.41) is 8.93. The standard InChI is InChI=1S/C19H19BrN2O2/c1-13-5-6-15(11-14(13)2)22(10-4-9-21)19(23)17-12-16(24-3)7-8-18(17)20/h5-8,11-12H,4,10H2,1-3H3. The predicted octanol–water partition coefficient (Wildman–Crippen LogP) is 4.64. The van der Waals surface area contributed by atoms with E-state index in [0.29, 0.717) is 22.3 Å². The Morgan fingerprint density at radius 2 is 1.96 bits per heavy atom. The van der Waals surface area contributed by atoms with Crippen LogP contribution in [0.4, 0.5) is 5.69 Å². The molecule has 0 heterocycles. The molecular weight excluding hydrogens is 368 g/mol. The molecule has 2 rings (SSSR count). The lowest BCUT2D eigenvalue weighted by Gasteiger charge is -2.23. The Morgan fingerprint density at radius 1 is 1.21 bits per heavy atom. The molecule has 24 heavy (non-hydrogen) atoms. The van der Waals surface area contributed by atoms with Crippen LogP contribution in [0, 0.1) is 25.2 Å². The van der Waals surface area contributed by atoms with Gasteiger partial charge in [-0.1, -0.05) is 6.07 Å². The highest BCUT2D eigenvalue weighted by atomic mass is 79.9. The molecule has 1 amide bonds. The van der Waals surface area contributed by atoms with Gasteiger partial charge in [0.2, 0.25) is 0 Å². The highest BCUT2D eigenvalue weighted by Gasteiger charge is 2.21. The first-order valence-electron chi connectivity index (χ1n) is 7.57. The summed E-state index contributed by atoms with van der Waals surface area (Å²) in [6, 6.07) is 13.2. The molecule has 124 valence electrons. The number of halogens is 1. The Balaban J connectivity index is 2.45. The molecular formula is C19H19BrN2O2. The normalized spacial score (nSPS) is 10.1. The third-order valence-corrected chi connectivity index (χ3v) is 4.59. The fraction of sp³-hybridized carbons (Fsp3) is 0.263. The van der Waals surface area contributed by atoms with Crippen LogP contribution >= 0.6 is 15.9 Å². The summed E-state index contributed by atoms with van der Waals surface area (Å²) in [6.45, 7) is 4.37. The molecule has 0 aliphatic carbocycles. The van der Waals surface area contributed by atoms with E-state index in [1.807, 2.05) is 32.0 Å². The lowest BCUT2D eigenvalue weighted by molar-refractivity contribution is 0.0986. The Kier molecular flexibility index (Phi) is 5.99. The van der Waals surface area contributed by atoms with Crippen molar-refractivity contribution in [2.75, 3.05) is 18.6 Å². The second-order valence-electron chi connectivity index (χ2n) is 5.48. The first-order valence-corrected chi connectivity index (χ1v) is 8.37. The van der Waals surface area contributed by atoms with Crippen LogP contribution in [-0.4, -0.2) is 19.6 Å². The summed E-state index contributed by atoms with van der Waals surface area (Å²) in [6.07, 6.45) is 0.264. The fourth-order valence-corrected chi connectivity index (χ4v) is 2.76. The van der Waals surface area contributed by atoms with E-state index in [0.717, 1.165) is 16.8 Å². The van der Waals surface area contributed by atoms with Crippen LogP contribution in [0.2, 0.25) is 0 Å². The largest absolute Gasteiger partial charge is 0.497 e. The van der Waals surface area contributed by atoms with Gasteiger partial charge < -0.3 is 9.64 Å².